The van der Waals surface area contributed by atoms with E-state index in [0.29, 0.717) is 0 Å². The topological polar surface area (TPSA) is 27.0 Å². The van der Waals surface area contributed by atoms with E-state index in [1.165, 1.54) is 5.57 Å². The summed E-state index contributed by atoms with van der Waals surface area (Å²) in [5.74, 6) is 0. The summed E-state index contributed by atoms with van der Waals surface area (Å²) < 4.78 is 1.02. The van der Waals surface area contributed by atoms with Gasteiger partial charge in [-0.3, -0.25) is 0 Å². The van der Waals surface area contributed by atoms with Crippen molar-refractivity contribution in [1.82, 2.24) is 0 Å². The number of anilines is 1. The molecule has 0 radical (unpaired) electrons. The predicted molar refractivity (Wildman–Crippen MR) is 69.4 cm³/mol. The van der Waals surface area contributed by atoms with Crippen LogP contribution < -0.4 is 4.90 Å². The SMILES string of the molecule is CC1=CCCN(c2cc(Br)ccc2C#N)C1. The van der Waals surface area contributed by atoms with Gasteiger partial charge in [0, 0.05) is 17.6 Å². The van der Waals surface area contributed by atoms with Crippen LogP contribution in [-0.4, -0.2) is 13.1 Å². The molecule has 0 saturated heterocycles. The largest absolute Gasteiger partial charge is 0.366 e. The molecule has 2 nitrogen and oxygen atoms in total. The monoisotopic (exact) mass is 276 g/mol. The van der Waals surface area contributed by atoms with Crippen molar-refractivity contribution in [3.63, 3.8) is 0 Å². The molecule has 1 aromatic rings. The fourth-order valence-electron chi connectivity index (χ4n) is 1.98. The Hall–Kier alpha value is -1.27. The van der Waals surface area contributed by atoms with E-state index >= 15 is 0 Å². The zero-order valence-corrected chi connectivity index (χ0v) is 10.8. The fourth-order valence-corrected chi connectivity index (χ4v) is 2.33. The van der Waals surface area contributed by atoms with Gasteiger partial charge in [0.2, 0.25) is 0 Å². The Bertz CT molecular complexity index is 471. The Morgan fingerprint density at radius 2 is 2.25 bits per heavy atom. The zero-order chi connectivity index (χ0) is 11.5. The van der Waals surface area contributed by atoms with Crippen LogP contribution in [-0.2, 0) is 0 Å². The molecule has 1 aliphatic heterocycles. The highest BCUT2D eigenvalue weighted by atomic mass is 79.9. The minimum atomic E-state index is 0.748. The van der Waals surface area contributed by atoms with Crippen LogP contribution in [0, 0.1) is 11.3 Å². The average Bonchev–Trinajstić information content (AvgIpc) is 2.29. The van der Waals surface area contributed by atoms with E-state index < -0.39 is 0 Å². The van der Waals surface area contributed by atoms with Gasteiger partial charge in [0.1, 0.15) is 6.07 Å². The molecule has 1 aliphatic rings. The first-order chi connectivity index (χ1) is 7.70. The molecule has 2 rings (SSSR count). The Kier molecular flexibility index (Phi) is 3.31. The zero-order valence-electron chi connectivity index (χ0n) is 9.20. The van der Waals surface area contributed by atoms with Crippen molar-refractivity contribution < 1.29 is 0 Å². The lowest BCUT2D eigenvalue weighted by Gasteiger charge is -2.29. The van der Waals surface area contributed by atoms with Gasteiger partial charge >= 0.3 is 0 Å². The van der Waals surface area contributed by atoms with E-state index in [1.54, 1.807) is 0 Å². The van der Waals surface area contributed by atoms with E-state index in [4.69, 9.17) is 5.26 Å². The summed E-state index contributed by atoms with van der Waals surface area (Å²) in [6.45, 7) is 4.05. The second kappa shape index (κ2) is 4.71. The van der Waals surface area contributed by atoms with Gasteiger partial charge in [0.15, 0.2) is 0 Å². The van der Waals surface area contributed by atoms with Crippen LogP contribution in [0.3, 0.4) is 0 Å². The first-order valence-corrected chi connectivity index (χ1v) is 6.10. The van der Waals surface area contributed by atoms with E-state index in [1.807, 2.05) is 18.2 Å². The van der Waals surface area contributed by atoms with Crippen LogP contribution in [0.15, 0.2) is 34.3 Å². The number of nitriles is 1. The number of benzene rings is 1. The van der Waals surface area contributed by atoms with Gasteiger partial charge in [-0.05, 0) is 31.5 Å². The molecule has 0 spiro atoms. The van der Waals surface area contributed by atoms with Crippen molar-refractivity contribution >= 4 is 21.6 Å². The van der Waals surface area contributed by atoms with Crippen LogP contribution in [0.4, 0.5) is 5.69 Å². The summed E-state index contributed by atoms with van der Waals surface area (Å²) in [5.41, 5.74) is 3.15. The van der Waals surface area contributed by atoms with Crippen LogP contribution in [0.1, 0.15) is 18.9 Å². The lowest BCUT2D eigenvalue weighted by Crippen LogP contribution is -2.29. The number of hydrogen-bond acceptors (Lipinski definition) is 2. The fraction of sp³-hybridized carbons (Fsp3) is 0.308. The van der Waals surface area contributed by atoms with Crippen molar-refractivity contribution in [2.75, 3.05) is 18.0 Å². The third-order valence-corrected chi connectivity index (χ3v) is 3.25. The van der Waals surface area contributed by atoms with E-state index in [9.17, 15) is 0 Å². The first kappa shape index (κ1) is 11.2. The Labute approximate surface area is 104 Å². The van der Waals surface area contributed by atoms with Gasteiger partial charge < -0.3 is 4.90 Å². The van der Waals surface area contributed by atoms with Crippen molar-refractivity contribution in [3.05, 3.63) is 39.9 Å². The molecule has 0 N–H and O–H groups in total. The molecule has 1 aromatic carbocycles. The summed E-state index contributed by atoms with van der Waals surface area (Å²) in [5, 5.41) is 9.10. The molecule has 0 aromatic heterocycles. The molecule has 3 heteroatoms. The van der Waals surface area contributed by atoms with Crippen LogP contribution in [0.25, 0.3) is 0 Å². The number of rotatable bonds is 1. The first-order valence-electron chi connectivity index (χ1n) is 5.31. The maximum atomic E-state index is 9.10. The Balaban J connectivity index is 2.36. The van der Waals surface area contributed by atoms with Crippen LogP contribution in [0.5, 0.6) is 0 Å². The molecule has 0 atom stereocenters. The molecule has 0 amide bonds. The summed E-state index contributed by atoms with van der Waals surface area (Å²) in [4.78, 5) is 2.26. The summed E-state index contributed by atoms with van der Waals surface area (Å²) >= 11 is 3.46. The van der Waals surface area contributed by atoms with Gasteiger partial charge in [-0.1, -0.05) is 27.6 Å². The smallest absolute Gasteiger partial charge is 0.101 e. The van der Waals surface area contributed by atoms with E-state index in [-0.39, 0.29) is 0 Å². The molecular formula is C13H13BrN2. The van der Waals surface area contributed by atoms with Gasteiger partial charge in [-0.15, -0.1) is 0 Å². The highest BCUT2D eigenvalue weighted by Crippen LogP contribution is 2.27. The Morgan fingerprint density at radius 3 is 2.94 bits per heavy atom. The third-order valence-electron chi connectivity index (χ3n) is 2.75. The van der Waals surface area contributed by atoms with Crippen molar-refractivity contribution in [2.24, 2.45) is 0 Å². The van der Waals surface area contributed by atoms with E-state index in [2.05, 4.69) is 39.9 Å². The van der Waals surface area contributed by atoms with Crippen molar-refractivity contribution in [3.8, 4) is 6.07 Å². The molecule has 82 valence electrons. The van der Waals surface area contributed by atoms with Gasteiger partial charge in [-0.25, -0.2) is 0 Å². The number of hydrogen-bond donors (Lipinski definition) is 0. The van der Waals surface area contributed by atoms with Crippen LogP contribution >= 0.6 is 15.9 Å². The average molecular weight is 277 g/mol. The maximum Gasteiger partial charge on any atom is 0.101 e. The van der Waals surface area contributed by atoms with Crippen LogP contribution in [0.2, 0.25) is 0 Å². The highest BCUT2D eigenvalue weighted by molar-refractivity contribution is 9.10. The molecule has 0 bridgehead atoms. The number of nitrogens with zero attached hydrogens (tertiary/aromatic N) is 2. The second-order valence-electron chi connectivity index (χ2n) is 4.03. The lowest BCUT2D eigenvalue weighted by atomic mass is 10.1. The highest BCUT2D eigenvalue weighted by Gasteiger charge is 2.14. The standard InChI is InChI=1S/C13H13BrN2/c1-10-3-2-6-16(9-10)13-7-12(14)5-4-11(13)8-15/h3-5,7H,2,6,9H2,1H3. The predicted octanol–water partition coefficient (Wildman–Crippen LogP) is 3.48. The molecule has 0 saturated carbocycles. The normalized spacial score (nSPS) is 15.6. The third kappa shape index (κ3) is 2.28. The second-order valence-corrected chi connectivity index (χ2v) is 4.95. The number of halogens is 1. The minimum Gasteiger partial charge on any atom is -0.366 e. The lowest BCUT2D eigenvalue weighted by molar-refractivity contribution is 0.790. The summed E-state index contributed by atoms with van der Waals surface area (Å²) in [7, 11) is 0. The maximum absolute atomic E-state index is 9.10. The molecular weight excluding hydrogens is 264 g/mol. The molecule has 16 heavy (non-hydrogen) atoms. The van der Waals surface area contributed by atoms with Gasteiger partial charge in [0.05, 0.1) is 11.3 Å². The molecule has 0 aliphatic carbocycles. The summed E-state index contributed by atoms with van der Waals surface area (Å²) in [6.07, 6.45) is 3.32. The summed E-state index contributed by atoms with van der Waals surface area (Å²) in [6, 6.07) is 8.06. The minimum absolute atomic E-state index is 0.748. The van der Waals surface area contributed by atoms with Crippen molar-refractivity contribution in [2.45, 2.75) is 13.3 Å². The van der Waals surface area contributed by atoms with Crippen molar-refractivity contribution in [1.29, 1.82) is 5.26 Å². The Morgan fingerprint density at radius 1 is 1.44 bits per heavy atom. The van der Waals surface area contributed by atoms with Gasteiger partial charge in [-0.2, -0.15) is 5.26 Å². The molecule has 0 fully saturated rings. The van der Waals surface area contributed by atoms with Gasteiger partial charge in [0.25, 0.3) is 0 Å². The molecule has 0 unspecified atom stereocenters. The molecule has 1 heterocycles. The van der Waals surface area contributed by atoms with E-state index in [0.717, 1.165) is 35.2 Å². The quantitative estimate of drug-likeness (QED) is 0.735.